The zero-order valence-electron chi connectivity index (χ0n) is 22.2. The van der Waals surface area contributed by atoms with Crippen molar-refractivity contribution in [3.05, 3.63) is 65.2 Å². The summed E-state index contributed by atoms with van der Waals surface area (Å²) < 4.78 is 5.87. The smallest absolute Gasteiger partial charge is 0.255 e. The van der Waals surface area contributed by atoms with Crippen LogP contribution in [0, 0.1) is 5.92 Å². The lowest BCUT2D eigenvalue weighted by atomic mass is 10.0. The van der Waals surface area contributed by atoms with Gasteiger partial charge < -0.3 is 25.2 Å². The lowest BCUT2D eigenvalue weighted by Gasteiger charge is -2.30. The number of hydrogen-bond acceptors (Lipinski definition) is 5. The van der Waals surface area contributed by atoms with Gasteiger partial charge in [-0.25, -0.2) is 0 Å². The van der Waals surface area contributed by atoms with Crippen LogP contribution in [0.5, 0.6) is 5.75 Å². The van der Waals surface area contributed by atoms with E-state index in [1.165, 1.54) is 16.0 Å². The summed E-state index contributed by atoms with van der Waals surface area (Å²) in [7, 11) is 1.65. The number of benzene rings is 2. The predicted octanol–water partition coefficient (Wildman–Crippen LogP) is 1.79. The molecule has 4 amide bonds. The monoisotopic (exact) mass is 520 g/mol. The van der Waals surface area contributed by atoms with Gasteiger partial charge in [-0.1, -0.05) is 50.2 Å². The molecule has 2 aliphatic rings. The maximum Gasteiger partial charge on any atom is 0.255 e. The van der Waals surface area contributed by atoms with Gasteiger partial charge >= 0.3 is 0 Å². The van der Waals surface area contributed by atoms with Crippen LogP contribution in [0.15, 0.2) is 48.5 Å². The Hall–Kier alpha value is -3.88. The van der Waals surface area contributed by atoms with Crippen LogP contribution in [-0.2, 0) is 27.2 Å². The molecule has 0 aliphatic carbocycles. The first-order chi connectivity index (χ1) is 18.2. The molecule has 2 N–H and O–H groups in total. The second-order valence-corrected chi connectivity index (χ2v) is 10.2. The number of likely N-dealkylation sites (N-methyl/N-ethyl adjacent to an activating group) is 1. The van der Waals surface area contributed by atoms with Crippen LogP contribution in [0.1, 0.15) is 41.8 Å². The number of carbonyl (C=O) groups excluding carboxylic acids is 4. The minimum absolute atomic E-state index is 0.169. The number of nitrogens with one attached hydrogen (secondary N) is 2. The minimum Gasteiger partial charge on any atom is -0.491 e. The summed E-state index contributed by atoms with van der Waals surface area (Å²) in [6.07, 6.45) is 1.11. The van der Waals surface area contributed by atoms with E-state index in [1.54, 1.807) is 36.2 Å². The van der Waals surface area contributed by atoms with Gasteiger partial charge in [0.25, 0.3) is 5.91 Å². The van der Waals surface area contributed by atoms with Crippen molar-refractivity contribution in [1.29, 1.82) is 0 Å². The topological polar surface area (TPSA) is 108 Å². The highest BCUT2D eigenvalue weighted by atomic mass is 16.5. The summed E-state index contributed by atoms with van der Waals surface area (Å²) in [6, 6.07) is 13.0. The highest BCUT2D eigenvalue weighted by Gasteiger charge is 2.33. The third-order valence-electron chi connectivity index (χ3n) is 7.17. The number of rotatable bonds is 2. The summed E-state index contributed by atoms with van der Waals surface area (Å²) in [5.41, 5.74) is 2.66. The van der Waals surface area contributed by atoms with E-state index in [2.05, 4.69) is 22.8 Å². The predicted molar refractivity (Wildman–Crippen MR) is 143 cm³/mol. The molecule has 38 heavy (non-hydrogen) atoms. The summed E-state index contributed by atoms with van der Waals surface area (Å²) in [6.45, 7) is 5.13. The van der Waals surface area contributed by atoms with E-state index < -0.39 is 23.9 Å². The molecule has 2 aromatic carbocycles. The first-order valence-electron chi connectivity index (χ1n) is 13.2. The van der Waals surface area contributed by atoms with Crippen LogP contribution >= 0.6 is 0 Å². The second-order valence-electron chi connectivity index (χ2n) is 10.2. The Morgan fingerprint density at radius 3 is 2.21 bits per heavy atom. The molecular formula is C29H36N4O5. The molecule has 202 valence electrons. The van der Waals surface area contributed by atoms with Crippen molar-refractivity contribution in [2.45, 2.75) is 45.2 Å². The first-order valence-corrected chi connectivity index (χ1v) is 13.2. The van der Waals surface area contributed by atoms with Crippen LogP contribution in [-0.4, -0.2) is 78.8 Å². The Morgan fingerprint density at radius 1 is 0.921 bits per heavy atom. The summed E-state index contributed by atoms with van der Waals surface area (Å²) >= 11 is 0. The molecule has 0 saturated carbocycles. The summed E-state index contributed by atoms with van der Waals surface area (Å²) in [5, 5.41) is 5.60. The number of fused-ring (bicyclic) bond motifs is 2. The molecule has 0 fully saturated rings. The number of carbonyl (C=O) groups is 4. The van der Waals surface area contributed by atoms with Gasteiger partial charge in [0.15, 0.2) is 0 Å². The van der Waals surface area contributed by atoms with Gasteiger partial charge in [-0.15, -0.1) is 0 Å². The van der Waals surface area contributed by atoms with Gasteiger partial charge in [-0.05, 0) is 42.0 Å². The average molecular weight is 521 g/mol. The Morgan fingerprint density at radius 2 is 1.55 bits per heavy atom. The highest BCUT2D eigenvalue weighted by Crippen LogP contribution is 2.20. The Labute approximate surface area is 223 Å². The number of ether oxygens (including phenoxy) is 1. The lowest BCUT2D eigenvalue weighted by molar-refractivity contribution is -0.138. The third-order valence-corrected chi connectivity index (χ3v) is 7.17. The fourth-order valence-corrected chi connectivity index (χ4v) is 4.90. The van der Waals surface area contributed by atoms with Crippen molar-refractivity contribution < 1.29 is 23.9 Å². The molecule has 2 atom stereocenters. The number of nitrogens with zero attached hydrogens (tertiary/aromatic N) is 2. The summed E-state index contributed by atoms with van der Waals surface area (Å²) in [5.74, 6) is -1.34. The van der Waals surface area contributed by atoms with E-state index in [1.807, 2.05) is 26.0 Å². The van der Waals surface area contributed by atoms with Gasteiger partial charge in [-0.2, -0.15) is 0 Å². The molecule has 0 unspecified atom stereocenters. The van der Waals surface area contributed by atoms with E-state index in [-0.39, 0.29) is 42.9 Å². The van der Waals surface area contributed by atoms with E-state index in [9.17, 15) is 19.2 Å². The fraction of sp³-hybridized carbons (Fsp3) is 0.448. The van der Waals surface area contributed by atoms with Gasteiger partial charge in [0.2, 0.25) is 17.7 Å². The Balaban J connectivity index is 1.62. The number of hydrogen-bond donors (Lipinski definition) is 2. The highest BCUT2D eigenvalue weighted by molar-refractivity contribution is 6.01. The minimum atomic E-state index is -1.10. The zero-order valence-corrected chi connectivity index (χ0v) is 22.2. The standard InChI is InChI=1S/C29H36N4O5/c1-19(2)26-29(37)32(3)16-17-38-24-11-7-6-10-22(24)27(35)30-23(18-25(34)31-26)28(36)33-14-12-20-8-4-5-9-21(20)13-15-33/h4-11,19,23,26H,12-18H2,1-3H3,(H,30,35)(H,31,34)/t23-,26-/m0/s1. The molecule has 2 heterocycles. The van der Waals surface area contributed by atoms with E-state index in [0.29, 0.717) is 31.7 Å². The molecule has 0 bridgehead atoms. The van der Waals surface area contributed by atoms with Crippen molar-refractivity contribution in [1.82, 2.24) is 20.4 Å². The molecule has 0 saturated heterocycles. The van der Waals surface area contributed by atoms with Gasteiger partial charge in [0, 0.05) is 20.1 Å². The van der Waals surface area contributed by atoms with Crippen molar-refractivity contribution >= 4 is 23.6 Å². The Kier molecular flexibility index (Phi) is 8.66. The second kappa shape index (κ2) is 12.1. The average Bonchev–Trinajstić information content (AvgIpc) is 3.13. The quantitative estimate of drug-likeness (QED) is 0.628. The largest absolute Gasteiger partial charge is 0.491 e. The third kappa shape index (κ3) is 6.33. The molecule has 4 rings (SSSR count). The number of amides is 4. The molecule has 2 aromatic rings. The van der Waals surface area contributed by atoms with Crippen LogP contribution in [0.2, 0.25) is 0 Å². The lowest BCUT2D eigenvalue weighted by Crippen LogP contribution is -2.54. The van der Waals surface area contributed by atoms with Crippen molar-refractivity contribution in [2.24, 2.45) is 5.92 Å². The fourth-order valence-electron chi connectivity index (χ4n) is 4.90. The van der Waals surface area contributed by atoms with Gasteiger partial charge in [0.05, 0.1) is 18.5 Å². The zero-order chi connectivity index (χ0) is 27.2. The molecule has 9 nitrogen and oxygen atoms in total. The molecular weight excluding hydrogens is 484 g/mol. The molecule has 0 aromatic heterocycles. The van der Waals surface area contributed by atoms with Crippen molar-refractivity contribution in [3.63, 3.8) is 0 Å². The Bertz CT molecular complexity index is 1170. The van der Waals surface area contributed by atoms with Crippen molar-refractivity contribution in [2.75, 3.05) is 33.3 Å². The molecule has 0 spiro atoms. The maximum atomic E-state index is 13.8. The van der Waals surface area contributed by atoms with Crippen LogP contribution < -0.4 is 15.4 Å². The normalized spacial score (nSPS) is 21.3. The van der Waals surface area contributed by atoms with Gasteiger partial charge in [0.1, 0.15) is 24.4 Å². The van der Waals surface area contributed by atoms with Crippen LogP contribution in [0.4, 0.5) is 0 Å². The SMILES string of the molecule is CC(C)[C@@H]1NC(=O)C[C@@H](C(=O)N2CCc3ccccc3CC2)NC(=O)c2ccccc2OCCN(C)C1=O. The van der Waals surface area contributed by atoms with E-state index in [4.69, 9.17) is 4.74 Å². The summed E-state index contributed by atoms with van der Waals surface area (Å²) in [4.78, 5) is 56.6. The van der Waals surface area contributed by atoms with Crippen LogP contribution in [0.3, 0.4) is 0 Å². The van der Waals surface area contributed by atoms with E-state index in [0.717, 1.165) is 0 Å². The first kappa shape index (κ1) is 27.2. The van der Waals surface area contributed by atoms with Crippen LogP contribution in [0.25, 0.3) is 0 Å². The van der Waals surface area contributed by atoms with E-state index >= 15 is 0 Å². The maximum absolute atomic E-state index is 13.8. The number of para-hydroxylation sites is 1. The van der Waals surface area contributed by atoms with Crippen molar-refractivity contribution in [3.8, 4) is 5.75 Å². The van der Waals surface area contributed by atoms with Gasteiger partial charge in [-0.3, -0.25) is 19.2 Å². The molecule has 0 radical (unpaired) electrons. The molecule has 9 heteroatoms. The molecule has 2 aliphatic heterocycles.